The van der Waals surface area contributed by atoms with Gasteiger partial charge in [0.2, 0.25) is 5.89 Å². The van der Waals surface area contributed by atoms with Crippen LogP contribution in [0.3, 0.4) is 0 Å². The Bertz CT molecular complexity index is 519. The fourth-order valence-corrected chi connectivity index (χ4v) is 2.02. The van der Waals surface area contributed by atoms with E-state index in [-0.39, 0.29) is 6.10 Å². The van der Waals surface area contributed by atoms with Crippen molar-refractivity contribution in [3.63, 3.8) is 0 Å². The Labute approximate surface area is 107 Å². The molecule has 1 aromatic carbocycles. The van der Waals surface area contributed by atoms with Crippen molar-refractivity contribution in [3.8, 4) is 0 Å². The molecule has 2 rings (SSSR count). The van der Waals surface area contributed by atoms with Crippen LogP contribution in [0.2, 0.25) is 0 Å². The number of rotatable bonds is 5. The van der Waals surface area contributed by atoms with Gasteiger partial charge in [-0.1, -0.05) is 19.9 Å². The van der Waals surface area contributed by atoms with Crippen LogP contribution >= 0.6 is 0 Å². The molecule has 0 amide bonds. The second kappa shape index (κ2) is 5.40. The minimum absolute atomic E-state index is 0.206. The van der Waals surface area contributed by atoms with E-state index in [4.69, 9.17) is 14.9 Å². The average molecular weight is 248 g/mol. The molecule has 1 heterocycles. The van der Waals surface area contributed by atoms with Gasteiger partial charge in [0.15, 0.2) is 5.58 Å². The van der Waals surface area contributed by atoms with Gasteiger partial charge in [-0.15, -0.1) is 0 Å². The summed E-state index contributed by atoms with van der Waals surface area (Å²) >= 11 is 0. The van der Waals surface area contributed by atoms with Crippen molar-refractivity contribution < 1.29 is 9.15 Å². The molecule has 0 aliphatic carbocycles. The zero-order chi connectivity index (χ0) is 13.1. The number of aromatic nitrogens is 1. The van der Waals surface area contributed by atoms with E-state index in [1.165, 1.54) is 0 Å². The number of hydrogen-bond donors (Lipinski definition) is 1. The van der Waals surface area contributed by atoms with Gasteiger partial charge in [-0.3, -0.25) is 0 Å². The monoisotopic (exact) mass is 248 g/mol. The van der Waals surface area contributed by atoms with Gasteiger partial charge in [-0.2, -0.15) is 0 Å². The fraction of sp³-hybridized carbons (Fsp3) is 0.500. The zero-order valence-electron chi connectivity index (χ0n) is 11.1. The first kappa shape index (κ1) is 12.9. The molecule has 4 heteroatoms. The van der Waals surface area contributed by atoms with Crippen LogP contribution in [-0.2, 0) is 11.3 Å². The lowest BCUT2D eigenvalue weighted by atomic mass is 10.1. The number of anilines is 1. The van der Waals surface area contributed by atoms with Crippen LogP contribution in [0, 0.1) is 5.92 Å². The highest BCUT2D eigenvalue weighted by molar-refractivity contribution is 5.85. The highest BCUT2D eigenvalue weighted by Crippen LogP contribution is 2.21. The lowest BCUT2D eigenvalue weighted by molar-refractivity contribution is 0.0286. The molecule has 4 nitrogen and oxygen atoms in total. The minimum atomic E-state index is 0.206. The van der Waals surface area contributed by atoms with E-state index in [1.54, 1.807) is 0 Å². The number of oxazole rings is 1. The van der Waals surface area contributed by atoms with Crippen molar-refractivity contribution >= 4 is 16.8 Å². The van der Waals surface area contributed by atoms with Crippen molar-refractivity contribution in [1.82, 2.24) is 4.98 Å². The molecular formula is C14H20N2O2. The van der Waals surface area contributed by atoms with E-state index in [2.05, 4.69) is 25.8 Å². The summed E-state index contributed by atoms with van der Waals surface area (Å²) in [6.45, 7) is 6.82. The molecule has 0 aliphatic heterocycles. The van der Waals surface area contributed by atoms with Crippen molar-refractivity contribution in [3.05, 3.63) is 24.1 Å². The summed E-state index contributed by atoms with van der Waals surface area (Å²) in [5, 5.41) is 0. The van der Waals surface area contributed by atoms with E-state index < -0.39 is 0 Å². The van der Waals surface area contributed by atoms with Gasteiger partial charge >= 0.3 is 0 Å². The number of ether oxygens (including phenoxy) is 1. The first-order chi connectivity index (χ1) is 8.56. The standard InChI is InChI=1S/C14H20N2O2/c1-9(2)7-10(3)17-8-13-16-14-11(15)5-4-6-12(14)18-13/h4-6,9-10H,7-8,15H2,1-3H3. The van der Waals surface area contributed by atoms with Crippen molar-refractivity contribution in [2.75, 3.05) is 5.73 Å². The Morgan fingerprint density at radius 2 is 2.11 bits per heavy atom. The molecule has 98 valence electrons. The normalized spacial score (nSPS) is 13.3. The number of fused-ring (bicyclic) bond motifs is 1. The molecule has 2 N–H and O–H groups in total. The van der Waals surface area contributed by atoms with Gasteiger partial charge in [0.05, 0.1) is 11.8 Å². The maximum absolute atomic E-state index is 5.83. The molecule has 0 spiro atoms. The molecule has 1 unspecified atom stereocenters. The topological polar surface area (TPSA) is 61.3 Å². The summed E-state index contributed by atoms with van der Waals surface area (Å²) in [6, 6.07) is 5.53. The molecular weight excluding hydrogens is 228 g/mol. The summed E-state index contributed by atoms with van der Waals surface area (Å²) in [6.07, 6.45) is 1.24. The predicted octanol–water partition coefficient (Wildman–Crippen LogP) is 3.36. The van der Waals surface area contributed by atoms with Crippen molar-refractivity contribution in [2.45, 2.75) is 39.9 Å². The van der Waals surface area contributed by atoms with E-state index in [0.717, 1.165) is 6.42 Å². The van der Waals surface area contributed by atoms with Crippen LogP contribution in [0.1, 0.15) is 33.1 Å². The first-order valence-corrected chi connectivity index (χ1v) is 6.31. The Morgan fingerprint density at radius 1 is 1.33 bits per heavy atom. The Hall–Kier alpha value is -1.55. The number of hydrogen-bond acceptors (Lipinski definition) is 4. The van der Waals surface area contributed by atoms with Gasteiger partial charge in [0.1, 0.15) is 12.1 Å². The Morgan fingerprint density at radius 3 is 2.78 bits per heavy atom. The molecule has 2 aromatic rings. The zero-order valence-corrected chi connectivity index (χ0v) is 11.1. The van der Waals surface area contributed by atoms with E-state index >= 15 is 0 Å². The summed E-state index contributed by atoms with van der Waals surface area (Å²) in [5.41, 5.74) is 7.89. The smallest absolute Gasteiger partial charge is 0.221 e. The molecule has 0 bridgehead atoms. The van der Waals surface area contributed by atoms with E-state index in [9.17, 15) is 0 Å². The van der Waals surface area contributed by atoms with Gasteiger partial charge < -0.3 is 14.9 Å². The van der Waals surface area contributed by atoms with Crippen LogP contribution < -0.4 is 5.73 Å². The van der Waals surface area contributed by atoms with E-state index in [0.29, 0.717) is 35.2 Å². The summed E-state index contributed by atoms with van der Waals surface area (Å²) in [4.78, 5) is 4.35. The van der Waals surface area contributed by atoms with Crippen LogP contribution in [0.5, 0.6) is 0 Å². The quantitative estimate of drug-likeness (QED) is 0.824. The van der Waals surface area contributed by atoms with Crippen molar-refractivity contribution in [2.24, 2.45) is 5.92 Å². The molecule has 1 atom stereocenters. The molecule has 18 heavy (non-hydrogen) atoms. The maximum atomic E-state index is 5.83. The molecule has 0 fully saturated rings. The lowest BCUT2D eigenvalue weighted by Gasteiger charge is -2.13. The maximum Gasteiger partial charge on any atom is 0.221 e. The summed E-state index contributed by atoms with van der Waals surface area (Å²) < 4.78 is 11.3. The first-order valence-electron chi connectivity index (χ1n) is 6.31. The largest absolute Gasteiger partial charge is 0.438 e. The molecule has 1 aromatic heterocycles. The predicted molar refractivity (Wildman–Crippen MR) is 72.1 cm³/mol. The summed E-state index contributed by atoms with van der Waals surface area (Å²) in [5.74, 6) is 1.21. The third-order valence-corrected chi connectivity index (χ3v) is 2.79. The Balaban J connectivity index is 2.02. The molecule has 0 saturated heterocycles. The van der Waals surface area contributed by atoms with Gasteiger partial charge in [-0.25, -0.2) is 4.98 Å². The molecule has 0 aliphatic rings. The number of nitrogens with zero attached hydrogens (tertiary/aromatic N) is 1. The third-order valence-electron chi connectivity index (χ3n) is 2.79. The van der Waals surface area contributed by atoms with E-state index in [1.807, 2.05) is 18.2 Å². The summed E-state index contributed by atoms with van der Waals surface area (Å²) in [7, 11) is 0. The van der Waals surface area contributed by atoms with Crippen LogP contribution in [0.15, 0.2) is 22.6 Å². The number of benzene rings is 1. The fourth-order valence-electron chi connectivity index (χ4n) is 2.02. The second-order valence-corrected chi connectivity index (χ2v) is 5.05. The van der Waals surface area contributed by atoms with Gasteiger partial charge in [0.25, 0.3) is 0 Å². The second-order valence-electron chi connectivity index (χ2n) is 5.05. The highest BCUT2D eigenvalue weighted by Gasteiger charge is 2.10. The highest BCUT2D eigenvalue weighted by atomic mass is 16.5. The SMILES string of the molecule is CC(C)CC(C)OCc1nc2c(N)cccc2o1. The molecule has 0 saturated carbocycles. The Kier molecular flexibility index (Phi) is 3.87. The third kappa shape index (κ3) is 3.01. The molecule has 0 radical (unpaired) electrons. The van der Waals surface area contributed by atoms with Crippen molar-refractivity contribution in [1.29, 1.82) is 0 Å². The van der Waals surface area contributed by atoms with Crippen LogP contribution in [0.4, 0.5) is 5.69 Å². The van der Waals surface area contributed by atoms with Crippen LogP contribution in [-0.4, -0.2) is 11.1 Å². The average Bonchev–Trinajstić information content (AvgIpc) is 2.70. The lowest BCUT2D eigenvalue weighted by Crippen LogP contribution is -2.11. The van der Waals surface area contributed by atoms with Gasteiger partial charge in [-0.05, 0) is 31.4 Å². The number of para-hydroxylation sites is 1. The van der Waals surface area contributed by atoms with Gasteiger partial charge in [0, 0.05) is 0 Å². The minimum Gasteiger partial charge on any atom is -0.438 e. The van der Waals surface area contributed by atoms with Crippen LogP contribution in [0.25, 0.3) is 11.1 Å². The number of nitrogens with two attached hydrogens (primary N) is 1. The number of nitrogen functional groups attached to an aromatic ring is 1.